The van der Waals surface area contributed by atoms with E-state index in [1.165, 1.54) is 11.3 Å². The van der Waals surface area contributed by atoms with Gasteiger partial charge in [-0.15, -0.1) is 5.48 Å². The molecule has 1 heterocycles. The van der Waals surface area contributed by atoms with E-state index in [2.05, 4.69) is 13.8 Å². The van der Waals surface area contributed by atoms with E-state index in [0.29, 0.717) is 11.5 Å². The lowest BCUT2D eigenvalue weighted by atomic mass is 10.0. The molecule has 0 aliphatic heterocycles. The maximum atomic E-state index is 11.9. The van der Waals surface area contributed by atoms with Gasteiger partial charge in [0, 0.05) is 5.38 Å². The van der Waals surface area contributed by atoms with E-state index >= 15 is 0 Å². The highest BCUT2D eigenvalue weighted by molar-refractivity contribution is 7.08. The summed E-state index contributed by atoms with van der Waals surface area (Å²) < 4.78 is 4.98. The van der Waals surface area contributed by atoms with E-state index in [0.717, 1.165) is 12.0 Å². The summed E-state index contributed by atoms with van der Waals surface area (Å²) in [7, 11) is 0. The third kappa shape index (κ3) is 5.61. The Morgan fingerprint density at radius 3 is 2.50 bits per heavy atom. The first kappa shape index (κ1) is 16.5. The lowest BCUT2D eigenvalue weighted by Crippen LogP contribution is -2.34. The second-order valence-electron chi connectivity index (χ2n) is 5.90. The minimum Gasteiger partial charge on any atom is -0.442 e. The highest BCUT2D eigenvalue weighted by atomic mass is 32.1. The zero-order valence-corrected chi connectivity index (χ0v) is 13.3. The van der Waals surface area contributed by atoms with Gasteiger partial charge in [0.15, 0.2) is 0 Å². The lowest BCUT2D eigenvalue weighted by molar-refractivity contribution is -0.00134. The van der Waals surface area contributed by atoms with Gasteiger partial charge in [-0.3, -0.25) is 0 Å². The van der Waals surface area contributed by atoms with Crippen LogP contribution >= 0.6 is 11.3 Å². The van der Waals surface area contributed by atoms with Gasteiger partial charge in [0.2, 0.25) is 0 Å². The Morgan fingerprint density at radius 2 is 1.95 bits per heavy atom. The molecule has 5 nitrogen and oxygen atoms in total. The summed E-state index contributed by atoms with van der Waals surface area (Å²) in [5.41, 5.74) is 2.78. The van der Waals surface area contributed by atoms with Crippen LogP contribution in [-0.4, -0.2) is 17.7 Å². The molecule has 20 heavy (non-hydrogen) atoms. The first-order chi connectivity index (χ1) is 9.19. The second kappa shape index (κ2) is 6.74. The third-order valence-corrected chi connectivity index (χ3v) is 3.01. The molecule has 0 aromatic carbocycles. The van der Waals surface area contributed by atoms with Crippen molar-refractivity contribution in [1.82, 2.24) is 5.48 Å². The fourth-order valence-electron chi connectivity index (χ4n) is 1.54. The van der Waals surface area contributed by atoms with Gasteiger partial charge in [-0.05, 0) is 44.1 Å². The Kier molecular flexibility index (Phi) is 5.56. The fraction of sp³-hybridized carbons (Fsp3) is 0.571. The number of hydrogen-bond donors (Lipinski definition) is 1. The van der Waals surface area contributed by atoms with Crippen LogP contribution in [0.3, 0.4) is 0 Å². The van der Waals surface area contributed by atoms with Crippen molar-refractivity contribution in [2.75, 3.05) is 0 Å². The zero-order valence-electron chi connectivity index (χ0n) is 12.5. The molecule has 0 unspecified atom stereocenters. The van der Waals surface area contributed by atoms with Gasteiger partial charge in [-0.2, -0.15) is 11.3 Å². The van der Waals surface area contributed by atoms with Crippen molar-refractivity contribution in [1.29, 1.82) is 0 Å². The molecule has 1 rings (SSSR count). The largest absolute Gasteiger partial charge is 0.442 e. The molecular formula is C14H21NO4S. The van der Waals surface area contributed by atoms with Crippen molar-refractivity contribution in [2.45, 2.75) is 46.6 Å². The molecule has 1 N–H and O–H groups in total. The molecule has 0 radical (unpaired) electrons. The van der Waals surface area contributed by atoms with Crippen molar-refractivity contribution >= 4 is 23.4 Å². The molecule has 1 aromatic heterocycles. The van der Waals surface area contributed by atoms with E-state index in [-0.39, 0.29) is 0 Å². The van der Waals surface area contributed by atoms with Crippen molar-refractivity contribution < 1.29 is 19.2 Å². The summed E-state index contributed by atoms with van der Waals surface area (Å²) in [5, 5.41) is 3.64. The normalized spacial score (nSPS) is 11.3. The van der Waals surface area contributed by atoms with Crippen molar-refractivity contribution in [3.8, 4) is 0 Å². The van der Waals surface area contributed by atoms with Crippen LogP contribution in [0.25, 0.3) is 0 Å². The summed E-state index contributed by atoms with van der Waals surface area (Å²) in [4.78, 5) is 28.0. The molecule has 1 amide bonds. The average Bonchev–Trinajstić information content (AvgIpc) is 2.70. The Bertz CT molecular complexity index is 474. The maximum Gasteiger partial charge on any atom is 0.441 e. The Morgan fingerprint density at radius 1 is 1.30 bits per heavy atom. The van der Waals surface area contributed by atoms with E-state index in [1.807, 2.05) is 10.9 Å². The van der Waals surface area contributed by atoms with Crippen LogP contribution in [0.1, 0.15) is 50.5 Å². The number of carbonyl (C=O) groups excluding carboxylic acids is 2. The van der Waals surface area contributed by atoms with Gasteiger partial charge in [-0.25, -0.2) is 9.59 Å². The van der Waals surface area contributed by atoms with Crippen LogP contribution in [0.4, 0.5) is 4.79 Å². The highest BCUT2D eigenvalue weighted by Gasteiger charge is 2.19. The minimum atomic E-state index is -0.786. The average molecular weight is 299 g/mol. The predicted octanol–water partition coefficient (Wildman–Crippen LogP) is 3.54. The third-order valence-electron chi connectivity index (χ3n) is 2.22. The van der Waals surface area contributed by atoms with Crippen LogP contribution in [0.2, 0.25) is 0 Å². The van der Waals surface area contributed by atoms with Crippen molar-refractivity contribution in [3.63, 3.8) is 0 Å². The summed E-state index contributed by atoms with van der Waals surface area (Å²) in [6, 6.07) is 0. The quantitative estimate of drug-likeness (QED) is 0.867. The molecule has 112 valence electrons. The number of hydrogen-bond acceptors (Lipinski definition) is 5. The van der Waals surface area contributed by atoms with Crippen molar-refractivity contribution in [3.05, 3.63) is 21.9 Å². The molecule has 0 spiro atoms. The Balaban J connectivity index is 2.55. The Hall–Kier alpha value is -1.56. The topological polar surface area (TPSA) is 64.6 Å². The maximum absolute atomic E-state index is 11.9. The number of rotatable bonds is 3. The van der Waals surface area contributed by atoms with E-state index < -0.39 is 17.7 Å². The number of ether oxygens (including phenoxy) is 1. The van der Waals surface area contributed by atoms with Gasteiger partial charge in [-0.1, -0.05) is 13.8 Å². The summed E-state index contributed by atoms with van der Waals surface area (Å²) in [6.07, 6.45) is 0.00638. The van der Waals surface area contributed by atoms with Gasteiger partial charge < -0.3 is 9.57 Å². The van der Waals surface area contributed by atoms with Crippen LogP contribution in [0, 0.1) is 5.92 Å². The predicted molar refractivity (Wildman–Crippen MR) is 77.6 cm³/mol. The first-order valence-corrected chi connectivity index (χ1v) is 7.38. The summed E-state index contributed by atoms with van der Waals surface area (Å²) >= 11 is 1.44. The smallest absolute Gasteiger partial charge is 0.441 e. The molecule has 0 saturated carbocycles. The molecular weight excluding hydrogens is 278 g/mol. The van der Waals surface area contributed by atoms with E-state index in [1.54, 1.807) is 26.2 Å². The van der Waals surface area contributed by atoms with Crippen molar-refractivity contribution in [2.24, 2.45) is 5.92 Å². The molecule has 0 fully saturated rings. The molecule has 1 aromatic rings. The second-order valence-corrected chi connectivity index (χ2v) is 6.65. The van der Waals surface area contributed by atoms with Gasteiger partial charge in [0.05, 0.1) is 5.56 Å². The molecule has 0 aliphatic carbocycles. The number of thiophene rings is 1. The lowest BCUT2D eigenvalue weighted by Gasteiger charge is -2.19. The molecule has 0 bridgehead atoms. The number of hydroxylamine groups is 1. The summed E-state index contributed by atoms with van der Waals surface area (Å²) in [6.45, 7) is 9.34. The SMILES string of the molecule is CC(C)Cc1cscc1C(=O)ONC(=O)OC(C)(C)C. The van der Waals surface area contributed by atoms with Crippen LogP contribution in [-0.2, 0) is 16.0 Å². The summed E-state index contributed by atoms with van der Waals surface area (Å²) in [5.74, 6) is -0.136. The zero-order chi connectivity index (χ0) is 15.3. The first-order valence-electron chi connectivity index (χ1n) is 6.44. The molecule has 0 atom stereocenters. The van der Waals surface area contributed by atoms with Gasteiger partial charge in [0.25, 0.3) is 0 Å². The molecule has 0 saturated heterocycles. The van der Waals surface area contributed by atoms with Crippen LogP contribution in [0.15, 0.2) is 10.8 Å². The van der Waals surface area contributed by atoms with Gasteiger partial charge in [0.1, 0.15) is 5.60 Å². The minimum absolute atomic E-state index is 0.440. The Labute approximate surface area is 123 Å². The highest BCUT2D eigenvalue weighted by Crippen LogP contribution is 2.19. The van der Waals surface area contributed by atoms with Crippen LogP contribution < -0.4 is 5.48 Å². The number of carbonyl (C=O) groups is 2. The van der Waals surface area contributed by atoms with Crippen LogP contribution in [0.5, 0.6) is 0 Å². The fourth-order valence-corrected chi connectivity index (χ4v) is 2.38. The monoisotopic (exact) mass is 299 g/mol. The standard InChI is InChI=1S/C14H21NO4S/c1-9(2)6-10-7-20-8-11(10)12(16)19-15-13(17)18-14(3,4)5/h7-9H,6H2,1-5H3,(H,15,17). The number of nitrogens with one attached hydrogen (secondary N) is 1. The number of amides is 1. The van der Waals surface area contributed by atoms with Gasteiger partial charge >= 0.3 is 12.1 Å². The molecule has 6 heteroatoms. The molecule has 0 aliphatic rings. The van der Waals surface area contributed by atoms with E-state index in [9.17, 15) is 9.59 Å². The van der Waals surface area contributed by atoms with E-state index in [4.69, 9.17) is 9.57 Å².